The molecule has 9 heteroatoms. The Morgan fingerprint density at radius 1 is 1.14 bits per heavy atom. The molecule has 0 radical (unpaired) electrons. The average molecular weight is 498 g/mol. The first-order valence-electron chi connectivity index (χ1n) is 12.0. The summed E-state index contributed by atoms with van der Waals surface area (Å²) in [5.41, 5.74) is 1.14. The summed E-state index contributed by atoms with van der Waals surface area (Å²) in [5, 5.41) is 10.9. The van der Waals surface area contributed by atoms with Gasteiger partial charge in [0, 0.05) is 24.6 Å². The summed E-state index contributed by atoms with van der Waals surface area (Å²) in [6.45, 7) is 4.44. The van der Waals surface area contributed by atoms with Crippen LogP contribution in [0.5, 0.6) is 0 Å². The Kier molecular flexibility index (Phi) is 10.1. The van der Waals surface area contributed by atoms with Crippen molar-refractivity contribution < 1.29 is 33.5 Å². The molecule has 1 heterocycles. The van der Waals surface area contributed by atoms with Gasteiger partial charge in [-0.25, -0.2) is 9.59 Å². The lowest BCUT2D eigenvalue weighted by Gasteiger charge is -2.22. The van der Waals surface area contributed by atoms with Crippen LogP contribution < -0.4 is 0 Å². The first-order valence-corrected chi connectivity index (χ1v) is 12.0. The molecule has 0 saturated carbocycles. The third-order valence-corrected chi connectivity index (χ3v) is 5.83. The molecule has 0 spiro atoms. The van der Waals surface area contributed by atoms with Gasteiger partial charge in [0.25, 0.3) is 5.69 Å². The SMILES string of the molecule is CCOC(=O)/C=C/C[C@@H]1O[C@@H]([C@@H](CC)OCc2ccccc2)C[C@@H]1OC(=O)c1ccc([N+](=O)[O-])cc1. The van der Waals surface area contributed by atoms with Crippen LogP contribution in [0.25, 0.3) is 0 Å². The minimum atomic E-state index is -0.600. The minimum Gasteiger partial charge on any atom is -0.463 e. The number of nitrogens with zero attached hydrogens (tertiary/aromatic N) is 1. The largest absolute Gasteiger partial charge is 0.463 e. The zero-order chi connectivity index (χ0) is 25.9. The van der Waals surface area contributed by atoms with E-state index in [1.807, 2.05) is 37.3 Å². The van der Waals surface area contributed by atoms with Gasteiger partial charge in [-0.15, -0.1) is 0 Å². The Balaban J connectivity index is 1.69. The lowest BCUT2D eigenvalue weighted by molar-refractivity contribution is -0.384. The Hall–Kier alpha value is -3.56. The van der Waals surface area contributed by atoms with Gasteiger partial charge in [-0.3, -0.25) is 10.1 Å². The van der Waals surface area contributed by atoms with E-state index in [4.69, 9.17) is 18.9 Å². The summed E-state index contributed by atoms with van der Waals surface area (Å²) < 4.78 is 23.1. The quantitative estimate of drug-likeness (QED) is 0.178. The van der Waals surface area contributed by atoms with Gasteiger partial charge in [0.05, 0.1) is 42.0 Å². The molecule has 36 heavy (non-hydrogen) atoms. The lowest BCUT2D eigenvalue weighted by Crippen LogP contribution is -2.28. The van der Waals surface area contributed by atoms with Gasteiger partial charge in [-0.05, 0) is 37.5 Å². The van der Waals surface area contributed by atoms with E-state index < -0.39 is 29.1 Å². The van der Waals surface area contributed by atoms with E-state index in [0.717, 1.165) is 5.56 Å². The Morgan fingerprint density at radius 2 is 1.86 bits per heavy atom. The van der Waals surface area contributed by atoms with Crippen LogP contribution in [0, 0.1) is 10.1 Å². The van der Waals surface area contributed by atoms with Crippen molar-refractivity contribution in [2.24, 2.45) is 0 Å². The predicted molar refractivity (Wildman–Crippen MR) is 131 cm³/mol. The molecule has 3 rings (SSSR count). The molecule has 0 N–H and O–H groups in total. The number of ether oxygens (including phenoxy) is 4. The van der Waals surface area contributed by atoms with Gasteiger partial charge >= 0.3 is 11.9 Å². The van der Waals surface area contributed by atoms with Crippen LogP contribution in [-0.2, 0) is 30.3 Å². The first kappa shape index (κ1) is 27.0. The molecular formula is C27H31NO8. The smallest absolute Gasteiger partial charge is 0.338 e. The molecule has 4 atom stereocenters. The summed E-state index contributed by atoms with van der Waals surface area (Å²) >= 11 is 0. The van der Waals surface area contributed by atoms with Crippen molar-refractivity contribution in [1.29, 1.82) is 0 Å². The maximum absolute atomic E-state index is 12.8. The number of non-ortho nitro benzene ring substituents is 1. The minimum absolute atomic E-state index is 0.112. The lowest BCUT2D eigenvalue weighted by atomic mass is 10.0. The second-order valence-electron chi connectivity index (χ2n) is 8.33. The second-order valence-corrected chi connectivity index (χ2v) is 8.33. The van der Waals surface area contributed by atoms with Gasteiger partial charge in [0.1, 0.15) is 6.10 Å². The van der Waals surface area contributed by atoms with Gasteiger partial charge in [-0.1, -0.05) is 43.3 Å². The number of esters is 2. The van der Waals surface area contributed by atoms with E-state index in [2.05, 4.69) is 0 Å². The van der Waals surface area contributed by atoms with Crippen LogP contribution in [0.1, 0.15) is 49.0 Å². The van der Waals surface area contributed by atoms with E-state index in [9.17, 15) is 19.7 Å². The van der Waals surface area contributed by atoms with E-state index in [1.165, 1.54) is 30.3 Å². The summed E-state index contributed by atoms with van der Waals surface area (Å²) in [7, 11) is 0. The van der Waals surface area contributed by atoms with Crippen molar-refractivity contribution in [2.75, 3.05) is 6.61 Å². The van der Waals surface area contributed by atoms with Crippen LogP contribution in [0.15, 0.2) is 66.7 Å². The molecule has 1 fully saturated rings. The van der Waals surface area contributed by atoms with Gasteiger partial charge in [0.2, 0.25) is 0 Å². The van der Waals surface area contributed by atoms with Crippen LogP contribution in [0.4, 0.5) is 5.69 Å². The van der Waals surface area contributed by atoms with Gasteiger partial charge in [0.15, 0.2) is 0 Å². The molecular weight excluding hydrogens is 466 g/mol. The Bertz CT molecular complexity index is 1040. The van der Waals surface area contributed by atoms with Crippen molar-refractivity contribution in [3.63, 3.8) is 0 Å². The molecule has 9 nitrogen and oxygen atoms in total. The molecule has 2 aromatic rings. The number of carbonyl (C=O) groups is 2. The standard InChI is InChI=1S/C27H31NO8/c1-3-22(34-18-19-9-6-5-7-10-19)24-17-25(23(35-24)11-8-12-26(29)33-4-2)36-27(30)20-13-15-21(16-14-20)28(31)32/h5-10,12-16,22-25H,3-4,11,17-18H2,1-2H3/b12-8+/t22-,23+,24-,25+/m1/s1. The predicted octanol–water partition coefficient (Wildman–Crippen LogP) is 4.78. The second kappa shape index (κ2) is 13.5. The monoisotopic (exact) mass is 497 g/mol. The van der Waals surface area contributed by atoms with E-state index in [1.54, 1.807) is 13.0 Å². The molecule has 0 aromatic heterocycles. The molecule has 0 amide bonds. The van der Waals surface area contributed by atoms with E-state index in [-0.39, 0.29) is 30.1 Å². The summed E-state index contributed by atoms with van der Waals surface area (Å²) in [4.78, 5) is 34.8. The van der Waals surface area contributed by atoms with Crippen molar-refractivity contribution in [2.45, 2.75) is 64.1 Å². The molecule has 1 aliphatic heterocycles. The van der Waals surface area contributed by atoms with Crippen molar-refractivity contribution >= 4 is 17.6 Å². The van der Waals surface area contributed by atoms with Gasteiger partial charge < -0.3 is 18.9 Å². The summed E-state index contributed by atoms with van der Waals surface area (Å²) in [5.74, 6) is -1.05. The molecule has 0 unspecified atom stereocenters. The number of hydrogen-bond acceptors (Lipinski definition) is 8. The highest BCUT2D eigenvalue weighted by molar-refractivity contribution is 5.89. The highest BCUT2D eigenvalue weighted by Gasteiger charge is 2.41. The third-order valence-electron chi connectivity index (χ3n) is 5.83. The third kappa shape index (κ3) is 7.73. The fourth-order valence-corrected chi connectivity index (χ4v) is 4.00. The summed E-state index contributed by atoms with van der Waals surface area (Å²) in [6.07, 6.45) is 2.83. The Morgan fingerprint density at radius 3 is 2.50 bits per heavy atom. The van der Waals surface area contributed by atoms with E-state index >= 15 is 0 Å². The fourth-order valence-electron chi connectivity index (χ4n) is 4.00. The number of carbonyl (C=O) groups excluding carboxylic acids is 2. The topological polar surface area (TPSA) is 114 Å². The summed E-state index contributed by atoms with van der Waals surface area (Å²) in [6, 6.07) is 15.1. The molecule has 0 bridgehead atoms. The molecule has 2 aromatic carbocycles. The number of benzene rings is 2. The van der Waals surface area contributed by atoms with Crippen molar-refractivity contribution in [3.8, 4) is 0 Å². The van der Waals surface area contributed by atoms with Crippen molar-refractivity contribution in [1.82, 2.24) is 0 Å². The zero-order valence-electron chi connectivity index (χ0n) is 20.4. The van der Waals surface area contributed by atoms with Crippen molar-refractivity contribution in [3.05, 3.63) is 88.0 Å². The highest BCUT2D eigenvalue weighted by atomic mass is 16.6. The van der Waals surface area contributed by atoms with Crippen LogP contribution in [0.2, 0.25) is 0 Å². The normalized spacial score (nSPS) is 20.2. The van der Waals surface area contributed by atoms with E-state index in [0.29, 0.717) is 25.9 Å². The number of nitro benzene ring substituents is 1. The first-order chi connectivity index (χ1) is 17.4. The fraction of sp³-hybridized carbons (Fsp3) is 0.407. The number of rotatable bonds is 12. The average Bonchev–Trinajstić information content (AvgIpc) is 3.27. The van der Waals surface area contributed by atoms with Crippen LogP contribution >= 0.6 is 0 Å². The number of nitro groups is 1. The zero-order valence-corrected chi connectivity index (χ0v) is 20.4. The molecule has 192 valence electrons. The Labute approximate surface area is 210 Å². The molecule has 0 aliphatic carbocycles. The van der Waals surface area contributed by atoms with Crippen LogP contribution in [0.3, 0.4) is 0 Å². The number of hydrogen-bond donors (Lipinski definition) is 0. The molecule has 1 saturated heterocycles. The van der Waals surface area contributed by atoms with Crippen LogP contribution in [-0.4, -0.2) is 47.9 Å². The molecule has 1 aliphatic rings. The van der Waals surface area contributed by atoms with Gasteiger partial charge in [-0.2, -0.15) is 0 Å². The maximum Gasteiger partial charge on any atom is 0.338 e. The highest BCUT2D eigenvalue weighted by Crippen LogP contribution is 2.31. The maximum atomic E-state index is 12.8.